The lowest BCUT2D eigenvalue weighted by molar-refractivity contribution is 0.0930. The Morgan fingerprint density at radius 2 is 2.38 bits per heavy atom. The lowest BCUT2D eigenvalue weighted by Crippen LogP contribution is -2.37. The second-order valence-electron chi connectivity index (χ2n) is 4.39. The number of alkyl halides is 1. The molecule has 2 atom stereocenters. The van der Waals surface area contributed by atoms with Crippen LogP contribution in [0.5, 0.6) is 0 Å². The number of hydrogen-bond acceptors (Lipinski definition) is 2. The lowest BCUT2D eigenvalue weighted by Gasteiger charge is -2.18. The van der Waals surface area contributed by atoms with Gasteiger partial charge in [0.25, 0.3) is 5.91 Å². The van der Waals surface area contributed by atoms with Crippen LogP contribution in [0.1, 0.15) is 35.2 Å². The van der Waals surface area contributed by atoms with Gasteiger partial charge in [0.1, 0.15) is 0 Å². The minimum Gasteiger partial charge on any atom is -0.349 e. The third-order valence-electron chi connectivity index (χ3n) is 3.27. The van der Waals surface area contributed by atoms with E-state index in [1.807, 2.05) is 17.7 Å². The highest BCUT2D eigenvalue weighted by Crippen LogP contribution is 2.27. The number of amides is 1. The Morgan fingerprint density at radius 3 is 3.00 bits per heavy atom. The number of halogens is 1. The molecule has 1 aromatic rings. The van der Waals surface area contributed by atoms with Crippen molar-refractivity contribution in [3.8, 4) is 0 Å². The fourth-order valence-electron chi connectivity index (χ4n) is 2.25. The molecule has 1 aliphatic rings. The Balaban J connectivity index is 2.00. The van der Waals surface area contributed by atoms with E-state index in [1.54, 1.807) is 11.3 Å². The molecule has 1 fully saturated rings. The van der Waals surface area contributed by atoms with Crippen LogP contribution in [0.3, 0.4) is 0 Å². The van der Waals surface area contributed by atoms with Crippen molar-refractivity contribution in [2.24, 2.45) is 5.92 Å². The van der Waals surface area contributed by atoms with E-state index in [0.29, 0.717) is 12.0 Å². The van der Waals surface area contributed by atoms with Gasteiger partial charge in [-0.15, -0.1) is 0 Å². The first kappa shape index (κ1) is 12.1. The molecular weight excluding hydrogens is 286 g/mol. The van der Waals surface area contributed by atoms with Crippen LogP contribution >= 0.6 is 27.3 Å². The van der Waals surface area contributed by atoms with E-state index in [9.17, 15) is 4.79 Å². The lowest BCUT2D eigenvalue weighted by atomic mass is 10.1. The van der Waals surface area contributed by atoms with Gasteiger partial charge in [0.2, 0.25) is 0 Å². The Morgan fingerprint density at radius 1 is 1.56 bits per heavy atom. The summed E-state index contributed by atoms with van der Waals surface area (Å²) in [6.07, 6.45) is 3.56. The monoisotopic (exact) mass is 301 g/mol. The molecular formula is C12H16BrNOS. The zero-order valence-corrected chi connectivity index (χ0v) is 11.7. The fourth-order valence-corrected chi connectivity index (χ4v) is 3.85. The smallest absolute Gasteiger partial charge is 0.252 e. The number of rotatable bonds is 3. The molecule has 0 saturated heterocycles. The van der Waals surface area contributed by atoms with Crippen molar-refractivity contribution in [2.75, 3.05) is 5.33 Å². The van der Waals surface area contributed by atoms with Crippen molar-refractivity contribution in [3.63, 3.8) is 0 Å². The van der Waals surface area contributed by atoms with Gasteiger partial charge in [-0.05, 0) is 36.6 Å². The van der Waals surface area contributed by atoms with Crippen molar-refractivity contribution in [1.29, 1.82) is 0 Å². The second kappa shape index (κ2) is 5.32. The zero-order chi connectivity index (χ0) is 11.5. The number of carbonyl (C=O) groups is 1. The summed E-state index contributed by atoms with van der Waals surface area (Å²) < 4.78 is 0. The van der Waals surface area contributed by atoms with Gasteiger partial charge in [-0.1, -0.05) is 22.4 Å². The molecule has 1 N–H and O–H groups in total. The topological polar surface area (TPSA) is 29.1 Å². The Bertz CT molecular complexity index is 377. The molecule has 0 aliphatic heterocycles. The van der Waals surface area contributed by atoms with Gasteiger partial charge in [0, 0.05) is 16.8 Å². The van der Waals surface area contributed by atoms with Crippen LogP contribution in [0, 0.1) is 12.8 Å². The number of aryl methyl sites for hydroxylation is 1. The van der Waals surface area contributed by atoms with E-state index in [4.69, 9.17) is 0 Å². The maximum atomic E-state index is 12.0. The van der Waals surface area contributed by atoms with E-state index < -0.39 is 0 Å². The Labute approximate surface area is 109 Å². The Kier molecular flexibility index (Phi) is 4.03. The summed E-state index contributed by atoms with van der Waals surface area (Å²) in [5, 5.41) is 8.10. The van der Waals surface area contributed by atoms with Crippen molar-refractivity contribution < 1.29 is 4.79 Å². The molecule has 4 heteroatoms. The predicted octanol–water partition coefficient (Wildman–Crippen LogP) is 3.35. The molecule has 1 amide bonds. The molecule has 1 aliphatic carbocycles. The highest BCUT2D eigenvalue weighted by Gasteiger charge is 2.28. The van der Waals surface area contributed by atoms with Crippen molar-refractivity contribution in [3.05, 3.63) is 21.9 Å². The molecule has 2 rings (SSSR count). The number of thiophene rings is 1. The first-order chi connectivity index (χ1) is 7.72. The van der Waals surface area contributed by atoms with Crippen LogP contribution in [0.25, 0.3) is 0 Å². The summed E-state index contributed by atoms with van der Waals surface area (Å²) in [6, 6.07) is 0.353. The summed E-state index contributed by atoms with van der Waals surface area (Å²) in [5.74, 6) is 0.694. The van der Waals surface area contributed by atoms with E-state index in [1.165, 1.54) is 12.8 Å². The molecule has 0 radical (unpaired) electrons. The molecule has 16 heavy (non-hydrogen) atoms. The minimum absolute atomic E-state index is 0.0941. The van der Waals surface area contributed by atoms with Gasteiger partial charge in [0.15, 0.2) is 0 Å². The number of hydrogen-bond donors (Lipinski definition) is 1. The SMILES string of the molecule is Cc1cscc1C(=O)NC1CCCC1CBr. The van der Waals surface area contributed by atoms with Crippen molar-refractivity contribution >= 4 is 33.2 Å². The third kappa shape index (κ3) is 2.48. The molecule has 1 aromatic heterocycles. The summed E-state index contributed by atoms with van der Waals surface area (Å²) in [4.78, 5) is 12.0. The Hall–Kier alpha value is -0.350. The largest absolute Gasteiger partial charge is 0.349 e. The van der Waals surface area contributed by atoms with Gasteiger partial charge < -0.3 is 5.32 Å². The summed E-state index contributed by atoms with van der Waals surface area (Å²) in [7, 11) is 0. The molecule has 0 bridgehead atoms. The summed E-state index contributed by atoms with van der Waals surface area (Å²) in [5.41, 5.74) is 1.92. The maximum Gasteiger partial charge on any atom is 0.252 e. The van der Waals surface area contributed by atoms with Crippen LogP contribution < -0.4 is 5.32 Å². The van der Waals surface area contributed by atoms with Crippen LogP contribution in [0.15, 0.2) is 10.8 Å². The van der Waals surface area contributed by atoms with Crippen molar-refractivity contribution in [1.82, 2.24) is 5.32 Å². The quantitative estimate of drug-likeness (QED) is 0.852. The maximum absolute atomic E-state index is 12.0. The standard InChI is InChI=1S/C12H16BrNOS/c1-8-6-16-7-10(8)12(15)14-11-4-2-3-9(11)5-13/h6-7,9,11H,2-5H2,1H3,(H,14,15). The van der Waals surface area contributed by atoms with Gasteiger partial charge in [-0.2, -0.15) is 11.3 Å². The van der Waals surface area contributed by atoms with Gasteiger partial charge in [-0.3, -0.25) is 4.79 Å². The molecule has 2 nitrogen and oxygen atoms in total. The van der Waals surface area contributed by atoms with Crippen molar-refractivity contribution in [2.45, 2.75) is 32.2 Å². The van der Waals surface area contributed by atoms with Gasteiger partial charge in [-0.25, -0.2) is 0 Å². The van der Waals surface area contributed by atoms with Gasteiger partial charge in [0.05, 0.1) is 5.56 Å². The van der Waals surface area contributed by atoms with E-state index in [0.717, 1.165) is 22.9 Å². The van der Waals surface area contributed by atoms with E-state index in [-0.39, 0.29) is 5.91 Å². The minimum atomic E-state index is 0.0941. The molecule has 1 saturated carbocycles. The number of nitrogens with one attached hydrogen (secondary N) is 1. The van der Waals surface area contributed by atoms with Crippen LogP contribution in [-0.4, -0.2) is 17.3 Å². The van der Waals surface area contributed by atoms with Crippen LogP contribution in [0.2, 0.25) is 0 Å². The highest BCUT2D eigenvalue weighted by molar-refractivity contribution is 9.09. The highest BCUT2D eigenvalue weighted by atomic mass is 79.9. The molecule has 0 spiro atoms. The predicted molar refractivity (Wildman–Crippen MR) is 71.4 cm³/mol. The average molecular weight is 302 g/mol. The van der Waals surface area contributed by atoms with E-state index >= 15 is 0 Å². The van der Waals surface area contributed by atoms with Crippen LogP contribution in [-0.2, 0) is 0 Å². The van der Waals surface area contributed by atoms with Gasteiger partial charge >= 0.3 is 0 Å². The third-order valence-corrected chi connectivity index (χ3v) is 4.97. The first-order valence-corrected chi connectivity index (χ1v) is 7.68. The first-order valence-electron chi connectivity index (χ1n) is 5.62. The summed E-state index contributed by atoms with van der Waals surface area (Å²) >= 11 is 5.11. The average Bonchev–Trinajstić information content (AvgIpc) is 2.86. The second-order valence-corrected chi connectivity index (χ2v) is 5.78. The molecule has 88 valence electrons. The van der Waals surface area contributed by atoms with Crippen LogP contribution in [0.4, 0.5) is 0 Å². The molecule has 0 aromatic carbocycles. The normalized spacial score (nSPS) is 24.6. The number of carbonyl (C=O) groups excluding carboxylic acids is 1. The van der Waals surface area contributed by atoms with E-state index in [2.05, 4.69) is 21.2 Å². The fraction of sp³-hybridized carbons (Fsp3) is 0.583. The summed E-state index contributed by atoms with van der Waals surface area (Å²) in [6.45, 7) is 1.99. The molecule has 2 unspecified atom stereocenters. The zero-order valence-electron chi connectivity index (χ0n) is 9.33. The molecule has 1 heterocycles.